The quantitative estimate of drug-likeness (QED) is 0.736. The maximum absolute atomic E-state index is 2.41. The Bertz CT molecular complexity index is 888. The number of rotatable bonds is 2. The van der Waals surface area contributed by atoms with Crippen LogP contribution in [-0.4, -0.2) is 9.13 Å². The lowest BCUT2D eigenvalue weighted by Crippen LogP contribution is -2.12. The highest BCUT2D eigenvalue weighted by atomic mass is 28.2. The molecule has 0 fully saturated rings. The van der Waals surface area contributed by atoms with Crippen LogP contribution in [0.15, 0.2) is 30.3 Å². The Labute approximate surface area is 121 Å². The van der Waals surface area contributed by atoms with Crippen molar-refractivity contribution < 1.29 is 0 Å². The van der Waals surface area contributed by atoms with E-state index in [4.69, 9.17) is 0 Å². The van der Waals surface area contributed by atoms with Crippen molar-refractivity contribution in [1.82, 2.24) is 0 Å². The van der Waals surface area contributed by atoms with Crippen LogP contribution in [0.25, 0.3) is 16.7 Å². The molecular formula is C19H18Si. The summed E-state index contributed by atoms with van der Waals surface area (Å²) in [6.45, 7) is 7.20. The van der Waals surface area contributed by atoms with Gasteiger partial charge in [-0.05, 0) is 61.8 Å². The molecule has 1 heterocycles. The van der Waals surface area contributed by atoms with E-state index in [2.05, 4.69) is 51.1 Å². The average Bonchev–Trinajstić information content (AvgIpc) is 2.95. The summed E-state index contributed by atoms with van der Waals surface area (Å²) >= 11 is 0. The van der Waals surface area contributed by atoms with Crippen LogP contribution < -0.4 is 5.22 Å². The van der Waals surface area contributed by atoms with E-state index < -0.39 is 0 Å². The number of benzene rings is 2. The highest BCUT2D eigenvalue weighted by Gasteiger charge is 2.50. The van der Waals surface area contributed by atoms with Crippen LogP contribution in [0.3, 0.4) is 0 Å². The Morgan fingerprint density at radius 2 is 1.80 bits per heavy atom. The average molecular weight is 274 g/mol. The summed E-state index contributed by atoms with van der Waals surface area (Å²) in [5.74, 6) is 1.54. The van der Waals surface area contributed by atoms with Gasteiger partial charge in [0.1, 0.15) is 0 Å². The Balaban J connectivity index is 1.90. The van der Waals surface area contributed by atoms with E-state index in [-0.39, 0.29) is 0 Å². The fraction of sp³-hybridized carbons (Fsp3) is 0.316. The summed E-state index contributed by atoms with van der Waals surface area (Å²) < 4.78 is 0. The van der Waals surface area contributed by atoms with Crippen LogP contribution in [-0.2, 0) is 0 Å². The van der Waals surface area contributed by atoms with E-state index in [0.717, 1.165) is 17.4 Å². The smallest absolute Gasteiger partial charge is 0.0326 e. The number of hydrogen-bond donors (Lipinski definition) is 0. The molecule has 0 N–H and O–H groups in total. The van der Waals surface area contributed by atoms with E-state index in [1.807, 2.05) is 5.57 Å². The van der Waals surface area contributed by atoms with Gasteiger partial charge < -0.3 is 0 Å². The van der Waals surface area contributed by atoms with Crippen molar-refractivity contribution in [1.29, 1.82) is 0 Å². The molecule has 1 aliphatic heterocycles. The second-order valence-corrected chi connectivity index (χ2v) is 8.44. The van der Waals surface area contributed by atoms with Crippen molar-refractivity contribution in [3.63, 3.8) is 0 Å². The van der Waals surface area contributed by atoms with Crippen LogP contribution in [0.5, 0.6) is 0 Å². The van der Waals surface area contributed by atoms with E-state index in [1.54, 1.807) is 32.3 Å². The molecule has 6 bridgehead atoms. The van der Waals surface area contributed by atoms with Gasteiger partial charge in [0.25, 0.3) is 0 Å². The lowest BCUT2D eigenvalue weighted by atomic mass is 9.92. The fourth-order valence-electron chi connectivity index (χ4n) is 4.57. The van der Waals surface area contributed by atoms with E-state index >= 15 is 0 Å². The molecule has 0 saturated heterocycles. The van der Waals surface area contributed by atoms with Crippen molar-refractivity contribution in [2.24, 2.45) is 5.92 Å². The van der Waals surface area contributed by atoms with Gasteiger partial charge in [0.2, 0.25) is 0 Å². The van der Waals surface area contributed by atoms with Gasteiger partial charge in [0.05, 0.1) is 0 Å². The van der Waals surface area contributed by atoms with Gasteiger partial charge in [-0.25, -0.2) is 0 Å². The fourth-order valence-corrected chi connectivity index (χ4v) is 6.74. The number of hydrogen-bond acceptors (Lipinski definition) is 0. The molecule has 0 nitrogen and oxygen atoms in total. The minimum absolute atomic E-state index is 0.452. The van der Waals surface area contributed by atoms with Crippen molar-refractivity contribution >= 4 is 14.7 Å². The molecule has 0 spiro atoms. The van der Waals surface area contributed by atoms with Gasteiger partial charge in [-0.15, -0.1) is 0 Å². The molecule has 0 amide bonds. The van der Waals surface area contributed by atoms with Gasteiger partial charge in [-0.2, -0.15) is 0 Å². The summed E-state index contributed by atoms with van der Waals surface area (Å²) in [5.41, 5.74) is 10.8. The SMILES string of the molecule is Cc1c2c3c(-c4ccccc4)c4c1=[SiH]C(C(C)C)C=4C23. The molecule has 3 aliphatic carbocycles. The predicted octanol–water partition coefficient (Wildman–Crippen LogP) is 3.42. The second kappa shape index (κ2) is 3.40. The van der Waals surface area contributed by atoms with Crippen molar-refractivity contribution in [2.45, 2.75) is 32.2 Å². The third-order valence-electron chi connectivity index (χ3n) is 5.47. The Kier molecular flexibility index (Phi) is 1.91. The summed E-state index contributed by atoms with van der Waals surface area (Å²) in [4.78, 5) is 1.75. The molecule has 1 heteroatoms. The van der Waals surface area contributed by atoms with E-state index in [1.165, 1.54) is 5.56 Å². The maximum atomic E-state index is 2.41. The molecule has 2 aromatic carbocycles. The standard InChI is InChI=1S/C19H18Si/c1-9(2)18-17-15-12-10(3)19(20-18)16(17)13(14(12)15)11-7-5-4-6-8-11/h4-9,15,18,20H,1-3H3. The molecule has 6 rings (SSSR count). The summed E-state index contributed by atoms with van der Waals surface area (Å²) in [5, 5.41) is 1.69. The highest BCUT2D eigenvalue weighted by molar-refractivity contribution is 6.37. The van der Waals surface area contributed by atoms with E-state index in [9.17, 15) is 0 Å². The maximum Gasteiger partial charge on any atom is 0.0326 e. The summed E-state index contributed by atoms with van der Waals surface area (Å²) in [6, 6.07) is 11.1. The van der Waals surface area contributed by atoms with Gasteiger partial charge in [0.15, 0.2) is 0 Å². The zero-order valence-electron chi connectivity index (χ0n) is 12.2. The zero-order chi connectivity index (χ0) is 13.6. The molecule has 2 atom stereocenters. The molecule has 4 aliphatic rings. The van der Waals surface area contributed by atoms with Gasteiger partial charge in [-0.3, -0.25) is 0 Å². The Hall–Kier alpha value is -1.47. The third kappa shape index (κ3) is 1.09. The zero-order valence-corrected chi connectivity index (χ0v) is 13.4. The second-order valence-electron chi connectivity index (χ2n) is 6.81. The third-order valence-corrected chi connectivity index (χ3v) is 8.01. The van der Waals surface area contributed by atoms with Gasteiger partial charge >= 0.3 is 0 Å². The van der Waals surface area contributed by atoms with Crippen LogP contribution in [0, 0.1) is 17.7 Å². The molecular weight excluding hydrogens is 256 g/mol. The topological polar surface area (TPSA) is 0 Å². The molecule has 2 aromatic rings. The van der Waals surface area contributed by atoms with Crippen molar-refractivity contribution in [3.8, 4) is 11.1 Å². The van der Waals surface area contributed by atoms with Crippen molar-refractivity contribution in [3.05, 3.63) is 57.1 Å². The molecule has 0 saturated carbocycles. The lowest BCUT2D eigenvalue weighted by Gasteiger charge is -2.16. The van der Waals surface area contributed by atoms with Crippen LogP contribution >= 0.6 is 0 Å². The first kappa shape index (κ1) is 11.2. The first-order valence-electron chi connectivity index (χ1n) is 7.68. The van der Waals surface area contributed by atoms with Crippen LogP contribution in [0.1, 0.15) is 36.5 Å². The summed E-state index contributed by atoms with van der Waals surface area (Å²) in [7, 11) is 0.452. The predicted molar refractivity (Wildman–Crippen MR) is 86.1 cm³/mol. The van der Waals surface area contributed by atoms with E-state index in [0.29, 0.717) is 9.13 Å². The first-order valence-corrected chi connectivity index (χ1v) is 8.92. The van der Waals surface area contributed by atoms with Gasteiger partial charge in [-0.1, -0.05) is 44.2 Å². The summed E-state index contributed by atoms with van der Waals surface area (Å²) in [6.07, 6.45) is 0. The monoisotopic (exact) mass is 274 g/mol. The molecule has 98 valence electrons. The van der Waals surface area contributed by atoms with Crippen LogP contribution in [0.2, 0.25) is 5.54 Å². The molecule has 20 heavy (non-hydrogen) atoms. The normalized spacial score (nSPS) is 23.5. The Morgan fingerprint density at radius 3 is 2.50 bits per heavy atom. The minimum atomic E-state index is 0.452. The van der Waals surface area contributed by atoms with Gasteiger partial charge in [0, 0.05) is 15.0 Å². The molecule has 0 aromatic heterocycles. The lowest BCUT2D eigenvalue weighted by molar-refractivity contribution is 0.664. The Morgan fingerprint density at radius 1 is 1.05 bits per heavy atom. The minimum Gasteiger partial charge on any atom is -0.0622 e. The highest BCUT2D eigenvalue weighted by Crippen LogP contribution is 2.63. The molecule has 0 radical (unpaired) electrons. The largest absolute Gasteiger partial charge is 0.0622 e. The first-order chi connectivity index (χ1) is 9.70. The van der Waals surface area contributed by atoms with Crippen LogP contribution in [0.4, 0.5) is 0 Å². The molecule has 2 unspecified atom stereocenters. The van der Waals surface area contributed by atoms with Crippen molar-refractivity contribution in [2.75, 3.05) is 0 Å².